The molecule has 0 saturated carbocycles. The molecule has 0 bridgehead atoms. The van der Waals surface area contributed by atoms with Crippen molar-refractivity contribution >= 4 is 17.5 Å². The molecule has 0 fully saturated rings. The summed E-state index contributed by atoms with van der Waals surface area (Å²) < 4.78 is 20.9. The predicted molar refractivity (Wildman–Crippen MR) is 139 cm³/mol. The summed E-state index contributed by atoms with van der Waals surface area (Å²) in [7, 11) is 1.61. The van der Waals surface area contributed by atoms with Crippen LogP contribution in [0, 0.1) is 5.82 Å². The predicted octanol–water partition coefficient (Wildman–Crippen LogP) is 5.50. The van der Waals surface area contributed by atoms with Crippen molar-refractivity contribution in [1.82, 2.24) is 9.88 Å². The largest absolute Gasteiger partial charge is 0.496 e. The molecule has 0 unspecified atom stereocenters. The van der Waals surface area contributed by atoms with Gasteiger partial charge in [-0.2, -0.15) is 0 Å². The van der Waals surface area contributed by atoms with Crippen LogP contribution in [0.1, 0.15) is 24.6 Å². The maximum atomic E-state index is 13.5. The zero-order valence-corrected chi connectivity index (χ0v) is 20.3. The molecule has 6 nitrogen and oxygen atoms in total. The molecular formula is C29H28FN3O3. The van der Waals surface area contributed by atoms with Gasteiger partial charge in [-0.3, -0.25) is 9.59 Å². The molecule has 4 aromatic rings. The zero-order chi connectivity index (χ0) is 25.5. The van der Waals surface area contributed by atoms with E-state index in [0.29, 0.717) is 25.1 Å². The molecule has 7 heteroatoms. The van der Waals surface area contributed by atoms with Crippen molar-refractivity contribution in [3.63, 3.8) is 0 Å². The van der Waals surface area contributed by atoms with Crippen LogP contribution in [0.15, 0.2) is 84.9 Å². The number of halogens is 1. The molecule has 2 N–H and O–H groups in total. The Balaban J connectivity index is 1.54. The van der Waals surface area contributed by atoms with Gasteiger partial charge in [0.05, 0.1) is 12.8 Å². The quantitative estimate of drug-likeness (QED) is 0.329. The molecule has 1 heterocycles. The summed E-state index contributed by atoms with van der Waals surface area (Å²) in [4.78, 5) is 24.0. The van der Waals surface area contributed by atoms with Crippen molar-refractivity contribution in [2.24, 2.45) is 0 Å². The Morgan fingerprint density at radius 2 is 1.64 bits per heavy atom. The minimum Gasteiger partial charge on any atom is -0.496 e. The normalized spacial score (nSPS) is 10.6. The average molecular weight is 486 g/mol. The van der Waals surface area contributed by atoms with Crippen LogP contribution in [-0.2, 0) is 22.6 Å². The molecule has 0 atom stereocenters. The van der Waals surface area contributed by atoms with E-state index in [4.69, 9.17) is 4.74 Å². The van der Waals surface area contributed by atoms with Crippen LogP contribution in [-0.4, -0.2) is 23.5 Å². The molecule has 0 aliphatic rings. The van der Waals surface area contributed by atoms with Crippen LogP contribution < -0.4 is 15.4 Å². The van der Waals surface area contributed by atoms with Crippen molar-refractivity contribution in [2.75, 3.05) is 12.4 Å². The maximum absolute atomic E-state index is 13.5. The molecule has 0 spiro atoms. The Bertz CT molecular complexity index is 1350. The SMILES string of the molecule is COc1ccccc1CNC(=O)CCc1ccc(-c2ccc(F)cc2)n1-c1ccc(NC(C)=O)cc1. The standard InChI is InChI=1S/C29H28FN3O3/c1-20(34)32-24-11-13-25(14-12-24)33-26(15-17-27(33)21-7-9-23(30)10-8-21)16-18-29(35)31-19-22-5-3-4-6-28(22)36-2/h3-15,17H,16,18-19H2,1-2H3,(H,31,35)(H,32,34). The first-order chi connectivity index (χ1) is 17.4. The van der Waals surface area contributed by atoms with Crippen LogP contribution >= 0.6 is 0 Å². The number of carbonyl (C=O) groups excluding carboxylic acids is 2. The van der Waals surface area contributed by atoms with Crippen LogP contribution in [0.5, 0.6) is 5.75 Å². The Labute approximate surface area is 209 Å². The first kappa shape index (κ1) is 24.7. The number of anilines is 1. The van der Waals surface area contributed by atoms with Gasteiger partial charge in [0.15, 0.2) is 0 Å². The number of ether oxygens (including phenoxy) is 1. The molecule has 2 amide bonds. The second kappa shape index (κ2) is 11.4. The number of hydrogen-bond donors (Lipinski definition) is 2. The molecule has 0 radical (unpaired) electrons. The van der Waals surface area contributed by atoms with Gasteiger partial charge in [-0.05, 0) is 78.7 Å². The van der Waals surface area contributed by atoms with Gasteiger partial charge in [0, 0.05) is 42.5 Å². The lowest BCUT2D eigenvalue weighted by Gasteiger charge is -2.15. The number of carbonyl (C=O) groups is 2. The van der Waals surface area contributed by atoms with E-state index < -0.39 is 0 Å². The molecule has 36 heavy (non-hydrogen) atoms. The fourth-order valence-corrected chi connectivity index (χ4v) is 4.09. The van der Waals surface area contributed by atoms with Crippen molar-refractivity contribution in [1.29, 1.82) is 0 Å². The second-order valence-corrected chi connectivity index (χ2v) is 8.37. The monoisotopic (exact) mass is 485 g/mol. The molecule has 3 aromatic carbocycles. The van der Waals surface area contributed by atoms with E-state index in [1.807, 2.05) is 60.7 Å². The second-order valence-electron chi connectivity index (χ2n) is 8.37. The summed E-state index contributed by atoms with van der Waals surface area (Å²) in [5.74, 6) is 0.218. The number of amides is 2. The number of methoxy groups -OCH3 is 1. The highest BCUT2D eigenvalue weighted by Gasteiger charge is 2.14. The maximum Gasteiger partial charge on any atom is 0.221 e. The van der Waals surface area contributed by atoms with Gasteiger partial charge < -0.3 is 19.9 Å². The van der Waals surface area contributed by atoms with Crippen LogP contribution in [0.4, 0.5) is 10.1 Å². The number of nitrogens with one attached hydrogen (secondary N) is 2. The summed E-state index contributed by atoms with van der Waals surface area (Å²) >= 11 is 0. The topological polar surface area (TPSA) is 72.4 Å². The Morgan fingerprint density at radius 3 is 2.33 bits per heavy atom. The van der Waals surface area contributed by atoms with E-state index >= 15 is 0 Å². The van der Waals surface area contributed by atoms with E-state index in [9.17, 15) is 14.0 Å². The average Bonchev–Trinajstić information content (AvgIpc) is 3.31. The Morgan fingerprint density at radius 1 is 0.917 bits per heavy atom. The number of hydrogen-bond acceptors (Lipinski definition) is 3. The number of rotatable bonds is 9. The first-order valence-corrected chi connectivity index (χ1v) is 11.7. The van der Waals surface area contributed by atoms with Gasteiger partial charge in [-0.15, -0.1) is 0 Å². The van der Waals surface area contributed by atoms with Gasteiger partial charge in [-0.25, -0.2) is 4.39 Å². The summed E-state index contributed by atoms with van der Waals surface area (Å²) in [6.45, 7) is 1.85. The van der Waals surface area contributed by atoms with Crippen LogP contribution in [0.25, 0.3) is 16.9 Å². The molecule has 184 valence electrons. The minimum atomic E-state index is -0.302. The number of para-hydroxylation sites is 1. The van der Waals surface area contributed by atoms with E-state index in [2.05, 4.69) is 15.2 Å². The summed E-state index contributed by atoms with van der Waals surface area (Å²) in [5, 5.41) is 5.73. The first-order valence-electron chi connectivity index (χ1n) is 11.7. The third kappa shape index (κ3) is 5.99. The highest BCUT2D eigenvalue weighted by atomic mass is 19.1. The van der Waals surface area contributed by atoms with Gasteiger partial charge in [0.2, 0.25) is 11.8 Å². The summed E-state index contributed by atoms with van der Waals surface area (Å²) in [6, 6.07) is 25.3. The highest BCUT2D eigenvalue weighted by molar-refractivity contribution is 5.88. The zero-order valence-electron chi connectivity index (χ0n) is 20.3. The fraction of sp³-hybridized carbons (Fsp3) is 0.172. The Kier molecular flexibility index (Phi) is 7.80. The van der Waals surface area contributed by atoms with Crippen molar-refractivity contribution in [3.05, 3.63) is 102 Å². The van der Waals surface area contributed by atoms with Crippen LogP contribution in [0.3, 0.4) is 0 Å². The van der Waals surface area contributed by atoms with E-state index in [-0.39, 0.29) is 17.6 Å². The lowest BCUT2D eigenvalue weighted by atomic mass is 10.1. The van der Waals surface area contributed by atoms with E-state index in [1.54, 1.807) is 19.2 Å². The summed E-state index contributed by atoms with van der Waals surface area (Å²) in [5.41, 5.74) is 5.15. The van der Waals surface area contributed by atoms with E-state index in [1.165, 1.54) is 19.1 Å². The molecule has 4 rings (SSSR count). The lowest BCUT2D eigenvalue weighted by Crippen LogP contribution is -2.23. The van der Waals surface area contributed by atoms with Gasteiger partial charge in [0.25, 0.3) is 0 Å². The van der Waals surface area contributed by atoms with Crippen molar-refractivity contribution in [2.45, 2.75) is 26.3 Å². The molecule has 0 aliphatic heterocycles. The third-order valence-electron chi connectivity index (χ3n) is 5.82. The minimum absolute atomic E-state index is 0.0713. The lowest BCUT2D eigenvalue weighted by molar-refractivity contribution is -0.121. The molecule has 0 aliphatic carbocycles. The van der Waals surface area contributed by atoms with Gasteiger partial charge in [-0.1, -0.05) is 18.2 Å². The van der Waals surface area contributed by atoms with Gasteiger partial charge >= 0.3 is 0 Å². The highest BCUT2D eigenvalue weighted by Crippen LogP contribution is 2.28. The Hall–Kier alpha value is -4.39. The van der Waals surface area contributed by atoms with Crippen molar-refractivity contribution in [3.8, 4) is 22.7 Å². The van der Waals surface area contributed by atoms with E-state index in [0.717, 1.165) is 34.0 Å². The number of nitrogens with zero attached hydrogens (tertiary/aromatic N) is 1. The number of benzene rings is 3. The molecular weight excluding hydrogens is 457 g/mol. The number of aryl methyl sites for hydroxylation is 1. The van der Waals surface area contributed by atoms with Crippen molar-refractivity contribution < 1.29 is 18.7 Å². The number of aromatic nitrogens is 1. The molecule has 0 saturated heterocycles. The molecule has 1 aromatic heterocycles. The summed E-state index contributed by atoms with van der Waals surface area (Å²) in [6.07, 6.45) is 0.804. The third-order valence-corrected chi connectivity index (χ3v) is 5.82. The fourth-order valence-electron chi connectivity index (χ4n) is 4.09. The smallest absolute Gasteiger partial charge is 0.221 e. The van der Waals surface area contributed by atoms with Gasteiger partial charge in [0.1, 0.15) is 11.6 Å². The van der Waals surface area contributed by atoms with Crippen LogP contribution in [0.2, 0.25) is 0 Å².